The highest BCUT2D eigenvalue weighted by Gasteiger charge is 2.33. The molecular formula is C30H28O11. The van der Waals surface area contributed by atoms with Crippen molar-refractivity contribution in [3.05, 3.63) is 60.2 Å². The molecule has 2 atom stereocenters. The molecule has 0 saturated carbocycles. The van der Waals surface area contributed by atoms with Gasteiger partial charge in [-0.25, -0.2) is 4.79 Å². The molecule has 2 unspecified atom stereocenters. The molecule has 0 heterocycles. The molecular weight excluding hydrogens is 536 g/mol. The van der Waals surface area contributed by atoms with Gasteiger partial charge in [-0.3, -0.25) is 9.59 Å². The Balaban J connectivity index is 1.90. The molecule has 0 aromatic heterocycles. The van der Waals surface area contributed by atoms with Crippen LogP contribution in [-0.2, 0) is 14.3 Å². The summed E-state index contributed by atoms with van der Waals surface area (Å²) in [4.78, 5) is 36.8. The number of carboxylic acid groups (broad SMARTS) is 1. The van der Waals surface area contributed by atoms with Crippen molar-refractivity contribution in [2.45, 2.75) is 39.2 Å². The van der Waals surface area contributed by atoms with Crippen LogP contribution in [-0.4, -0.2) is 49.7 Å². The molecule has 0 amide bonds. The molecule has 0 aliphatic heterocycles. The van der Waals surface area contributed by atoms with Crippen molar-refractivity contribution in [1.29, 1.82) is 0 Å². The fourth-order valence-electron chi connectivity index (χ4n) is 4.54. The maximum absolute atomic E-state index is 13.2. The zero-order valence-electron chi connectivity index (χ0n) is 22.2. The Morgan fingerprint density at radius 3 is 1.76 bits per heavy atom. The zero-order chi connectivity index (χ0) is 29.8. The van der Waals surface area contributed by atoms with Crippen molar-refractivity contribution < 1.29 is 54.1 Å². The van der Waals surface area contributed by atoms with Crippen LogP contribution in [0.4, 0.5) is 4.79 Å². The highest BCUT2D eigenvalue weighted by Crippen LogP contribution is 2.56. The molecule has 3 aromatic carbocycles. The van der Waals surface area contributed by atoms with E-state index in [1.54, 1.807) is 0 Å². The fraction of sp³-hybridized carbons (Fsp3) is 0.233. The molecule has 5 N–H and O–H groups in total. The largest absolute Gasteiger partial charge is 0.508 e. The Labute approximate surface area is 234 Å². The quantitative estimate of drug-likeness (QED) is 0.101. The number of phenolic OH excluding ortho intramolecular Hbond substituents is 4. The molecule has 214 valence electrons. The second-order valence-electron chi connectivity index (χ2n) is 9.68. The minimum Gasteiger partial charge on any atom is -0.508 e. The number of hydrogen-bond donors (Lipinski definition) is 5. The Hall–Kier alpha value is -5.19. The molecule has 0 spiro atoms. The van der Waals surface area contributed by atoms with E-state index in [4.69, 9.17) is 14.6 Å². The van der Waals surface area contributed by atoms with Crippen molar-refractivity contribution >= 4 is 18.1 Å². The molecule has 1 aliphatic rings. The maximum Gasteiger partial charge on any atom is 0.506 e. The van der Waals surface area contributed by atoms with E-state index in [0.29, 0.717) is 12.8 Å². The van der Waals surface area contributed by atoms with Crippen LogP contribution in [0.2, 0.25) is 0 Å². The lowest BCUT2D eigenvalue weighted by Gasteiger charge is -2.22. The Morgan fingerprint density at radius 2 is 1.32 bits per heavy atom. The number of esters is 2. The summed E-state index contributed by atoms with van der Waals surface area (Å²) in [5.41, 5.74) is 0.968. The second-order valence-corrected chi connectivity index (χ2v) is 9.68. The third-order valence-corrected chi connectivity index (χ3v) is 6.50. The van der Waals surface area contributed by atoms with Crippen LogP contribution in [0.15, 0.2) is 60.2 Å². The van der Waals surface area contributed by atoms with Crippen molar-refractivity contribution in [2.24, 2.45) is 5.92 Å². The van der Waals surface area contributed by atoms with E-state index in [2.05, 4.69) is 4.74 Å². The van der Waals surface area contributed by atoms with Crippen LogP contribution in [0.25, 0.3) is 22.3 Å². The summed E-state index contributed by atoms with van der Waals surface area (Å²) in [6, 6.07) is 10.8. The highest BCUT2D eigenvalue weighted by atomic mass is 16.7. The first-order chi connectivity index (χ1) is 19.4. The minimum absolute atomic E-state index is 0.0942. The van der Waals surface area contributed by atoms with Crippen molar-refractivity contribution in [3.63, 3.8) is 0 Å². The number of ether oxygens (including phenoxy) is 3. The van der Waals surface area contributed by atoms with E-state index < -0.39 is 59.5 Å². The van der Waals surface area contributed by atoms with Gasteiger partial charge >= 0.3 is 18.1 Å². The summed E-state index contributed by atoms with van der Waals surface area (Å²) in [6.45, 7) is 3.21. The minimum atomic E-state index is -1.59. The van der Waals surface area contributed by atoms with Gasteiger partial charge in [0.2, 0.25) is 0 Å². The third kappa shape index (κ3) is 6.52. The molecule has 0 bridgehead atoms. The number of carbonyl (C=O) groups excluding carboxylic acids is 2. The average Bonchev–Trinajstić information content (AvgIpc) is 3.34. The summed E-state index contributed by atoms with van der Waals surface area (Å²) in [7, 11) is 0. The molecule has 0 fully saturated rings. The molecule has 11 heteroatoms. The number of hydrogen-bond acceptors (Lipinski definition) is 10. The van der Waals surface area contributed by atoms with E-state index in [1.807, 2.05) is 13.0 Å². The highest BCUT2D eigenvalue weighted by molar-refractivity contribution is 5.96. The van der Waals surface area contributed by atoms with Crippen LogP contribution in [0.1, 0.15) is 33.1 Å². The normalized spacial score (nSPS) is 15.1. The van der Waals surface area contributed by atoms with Crippen LogP contribution < -0.4 is 9.47 Å². The van der Waals surface area contributed by atoms with Gasteiger partial charge in [0.1, 0.15) is 17.6 Å². The maximum atomic E-state index is 13.2. The Morgan fingerprint density at radius 1 is 0.829 bits per heavy atom. The number of allylic oxidation sites excluding steroid dienone is 2. The Kier molecular flexibility index (Phi) is 8.37. The molecule has 11 nitrogen and oxygen atoms in total. The first kappa shape index (κ1) is 28.8. The van der Waals surface area contributed by atoms with Gasteiger partial charge in [0.15, 0.2) is 23.0 Å². The Bertz CT molecular complexity index is 1510. The topological polar surface area (TPSA) is 180 Å². The number of benzene rings is 3. The van der Waals surface area contributed by atoms with Crippen molar-refractivity contribution in [2.75, 3.05) is 0 Å². The summed E-state index contributed by atoms with van der Waals surface area (Å²) in [6.07, 6.45) is -0.415. The van der Waals surface area contributed by atoms with Gasteiger partial charge in [0.25, 0.3) is 0 Å². The van der Waals surface area contributed by atoms with Crippen LogP contribution >= 0.6 is 0 Å². The monoisotopic (exact) mass is 564 g/mol. The molecule has 41 heavy (non-hydrogen) atoms. The van der Waals surface area contributed by atoms with Gasteiger partial charge in [0.05, 0.1) is 23.5 Å². The lowest BCUT2D eigenvalue weighted by Crippen LogP contribution is -2.21. The number of rotatable bonds is 8. The van der Waals surface area contributed by atoms with Gasteiger partial charge in [-0.1, -0.05) is 35.9 Å². The van der Waals surface area contributed by atoms with E-state index in [0.717, 1.165) is 5.57 Å². The lowest BCUT2D eigenvalue weighted by atomic mass is 9.95. The van der Waals surface area contributed by atoms with E-state index in [9.17, 15) is 34.8 Å². The van der Waals surface area contributed by atoms with Gasteiger partial charge < -0.3 is 39.7 Å². The zero-order valence-corrected chi connectivity index (χ0v) is 22.2. The van der Waals surface area contributed by atoms with E-state index in [-0.39, 0.29) is 33.8 Å². The van der Waals surface area contributed by atoms with Gasteiger partial charge in [-0.2, -0.15) is 0 Å². The standard InChI is InChI=1S/C30H28O11/c1-15-3-4-19(13-15)29(36)41-28-24(18-7-11-21(32)12-8-18)25(34)27(40-22(33)14-16(2)39-30(37)38)23(26(28)35)17-5-9-20(31)10-6-17/h3,5-12,16,19,31-32,34-35H,4,13-14H2,1-2H3,(H,37,38). The van der Waals surface area contributed by atoms with Crippen molar-refractivity contribution in [3.8, 4) is 56.8 Å². The summed E-state index contributed by atoms with van der Waals surface area (Å²) in [5.74, 6) is -4.62. The fourth-order valence-corrected chi connectivity index (χ4v) is 4.54. The molecule has 3 aromatic rings. The number of aromatic hydroxyl groups is 4. The average molecular weight is 565 g/mol. The predicted octanol–water partition coefficient (Wildman–Crippen LogP) is 5.48. The van der Waals surface area contributed by atoms with E-state index >= 15 is 0 Å². The second kappa shape index (κ2) is 11.9. The molecule has 1 aliphatic carbocycles. The predicted molar refractivity (Wildman–Crippen MR) is 145 cm³/mol. The van der Waals surface area contributed by atoms with Gasteiger partial charge in [0, 0.05) is 0 Å². The third-order valence-electron chi connectivity index (χ3n) is 6.50. The molecule has 0 saturated heterocycles. The van der Waals surface area contributed by atoms with Crippen LogP contribution in [0, 0.1) is 5.92 Å². The van der Waals surface area contributed by atoms with Gasteiger partial charge in [-0.15, -0.1) is 0 Å². The van der Waals surface area contributed by atoms with Gasteiger partial charge in [-0.05, 0) is 62.1 Å². The smallest absolute Gasteiger partial charge is 0.506 e. The van der Waals surface area contributed by atoms with E-state index in [1.165, 1.54) is 55.5 Å². The molecule has 4 rings (SSSR count). The summed E-state index contributed by atoms with van der Waals surface area (Å²) >= 11 is 0. The molecule has 0 radical (unpaired) electrons. The summed E-state index contributed by atoms with van der Waals surface area (Å²) in [5, 5.41) is 51.5. The van der Waals surface area contributed by atoms with Crippen molar-refractivity contribution in [1.82, 2.24) is 0 Å². The van der Waals surface area contributed by atoms with Crippen LogP contribution in [0.3, 0.4) is 0 Å². The first-order valence-electron chi connectivity index (χ1n) is 12.6. The lowest BCUT2D eigenvalue weighted by molar-refractivity contribution is -0.139. The summed E-state index contributed by atoms with van der Waals surface area (Å²) < 4.78 is 15.7. The SMILES string of the molecule is CC1=CCC(C(=O)Oc2c(O)c(-c3ccc(O)cc3)c(OC(=O)CC(C)OC(=O)O)c(O)c2-c2ccc(O)cc2)C1. The number of carbonyl (C=O) groups is 3. The number of phenols is 4. The first-order valence-corrected chi connectivity index (χ1v) is 12.6. The van der Waals surface area contributed by atoms with Crippen LogP contribution in [0.5, 0.6) is 34.5 Å².